The molecule has 0 N–H and O–H groups in total. The lowest BCUT2D eigenvalue weighted by Gasteiger charge is -2.39. The first-order chi connectivity index (χ1) is 15.8. The van der Waals surface area contributed by atoms with Crippen molar-refractivity contribution in [2.75, 3.05) is 32.8 Å². The quantitative estimate of drug-likeness (QED) is 0.568. The Kier molecular flexibility index (Phi) is 6.52. The lowest BCUT2D eigenvalue weighted by Crippen LogP contribution is -2.48. The van der Waals surface area contributed by atoms with Crippen LogP contribution in [0.25, 0.3) is 0 Å². The van der Waals surface area contributed by atoms with Crippen LogP contribution in [-0.4, -0.2) is 68.9 Å². The molecule has 3 heterocycles. The van der Waals surface area contributed by atoms with Crippen LogP contribution in [0, 0.1) is 5.82 Å². The van der Waals surface area contributed by atoms with E-state index >= 15 is 0 Å². The number of rotatable bonds is 7. The van der Waals surface area contributed by atoms with Gasteiger partial charge in [0.2, 0.25) is 0 Å². The summed E-state index contributed by atoms with van der Waals surface area (Å²) in [7, 11) is 0. The Balaban J connectivity index is 1.36. The molecule has 32 heavy (non-hydrogen) atoms. The van der Waals surface area contributed by atoms with Crippen LogP contribution in [0.15, 0.2) is 54.6 Å². The van der Waals surface area contributed by atoms with Crippen LogP contribution in [0.4, 0.5) is 4.39 Å². The second kappa shape index (κ2) is 9.85. The van der Waals surface area contributed by atoms with Crippen molar-refractivity contribution in [1.29, 1.82) is 0 Å². The molecule has 2 aliphatic heterocycles. The Bertz CT molecular complexity index is 998. The Morgan fingerprint density at radius 3 is 2.53 bits per heavy atom. The molecule has 5 rings (SSSR count). The number of hydrogen-bond donors (Lipinski definition) is 0. The van der Waals surface area contributed by atoms with Crippen LogP contribution in [0.2, 0.25) is 0 Å². The van der Waals surface area contributed by atoms with Crippen LogP contribution in [0.3, 0.4) is 0 Å². The smallest absolute Gasteiger partial charge is 0.173 e. The van der Waals surface area contributed by atoms with E-state index in [0.29, 0.717) is 17.9 Å². The number of ether oxygens (including phenoxy) is 1. The monoisotopic (exact) mass is 436 g/mol. The van der Waals surface area contributed by atoms with Crippen LogP contribution < -0.4 is 0 Å². The van der Waals surface area contributed by atoms with E-state index in [4.69, 9.17) is 4.74 Å². The van der Waals surface area contributed by atoms with Crippen molar-refractivity contribution < 1.29 is 9.13 Å². The van der Waals surface area contributed by atoms with Crippen molar-refractivity contribution in [2.24, 2.45) is 0 Å². The van der Waals surface area contributed by atoms with Gasteiger partial charge in [0.15, 0.2) is 5.82 Å². The largest absolute Gasteiger partial charge is 0.376 e. The minimum Gasteiger partial charge on any atom is -0.376 e. The first-order valence-corrected chi connectivity index (χ1v) is 11.4. The summed E-state index contributed by atoms with van der Waals surface area (Å²) in [5.41, 5.74) is 1.93. The number of tetrazole rings is 1. The fourth-order valence-corrected chi connectivity index (χ4v) is 4.74. The molecular formula is C24H29FN6O. The summed E-state index contributed by atoms with van der Waals surface area (Å²) in [6.45, 7) is 5.76. The Hall–Kier alpha value is -2.68. The molecule has 0 radical (unpaired) electrons. The van der Waals surface area contributed by atoms with E-state index in [-0.39, 0.29) is 18.0 Å². The standard InChI is InChI=1S/C24H29FN6O/c25-22-11-5-4-10-21(22)23(24-26-27-28-31(24)18-20-9-6-16-32-20)30-14-12-29(13-15-30)17-19-7-2-1-3-8-19/h1-5,7-8,10-11,20,23H,6,9,12-18H2/t20-,23+/m1/s1. The van der Waals surface area contributed by atoms with Crippen LogP contribution in [0.5, 0.6) is 0 Å². The summed E-state index contributed by atoms with van der Waals surface area (Å²) >= 11 is 0. The van der Waals surface area contributed by atoms with Gasteiger partial charge in [0.1, 0.15) is 11.9 Å². The van der Waals surface area contributed by atoms with Crippen molar-refractivity contribution >= 4 is 0 Å². The molecule has 0 spiro atoms. The van der Waals surface area contributed by atoms with Gasteiger partial charge in [0.25, 0.3) is 0 Å². The first kappa shape index (κ1) is 21.2. The van der Waals surface area contributed by atoms with E-state index in [2.05, 4.69) is 49.6 Å². The molecule has 2 saturated heterocycles. The van der Waals surface area contributed by atoms with E-state index < -0.39 is 0 Å². The van der Waals surface area contributed by atoms with Gasteiger partial charge in [-0.1, -0.05) is 48.5 Å². The molecule has 0 aliphatic carbocycles. The lowest BCUT2D eigenvalue weighted by atomic mass is 10.0. The fraction of sp³-hybridized carbons (Fsp3) is 0.458. The Morgan fingerprint density at radius 2 is 1.78 bits per heavy atom. The normalized spacial score (nSPS) is 21.1. The highest BCUT2D eigenvalue weighted by Gasteiger charge is 2.33. The minimum atomic E-state index is -0.327. The lowest BCUT2D eigenvalue weighted by molar-refractivity contribution is 0.0836. The molecule has 7 nitrogen and oxygen atoms in total. The van der Waals surface area contributed by atoms with Crippen LogP contribution in [0.1, 0.15) is 35.8 Å². The van der Waals surface area contributed by atoms with Gasteiger partial charge in [-0.15, -0.1) is 5.10 Å². The van der Waals surface area contributed by atoms with E-state index in [1.807, 2.05) is 22.9 Å². The van der Waals surface area contributed by atoms with Crippen molar-refractivity contribution in [3.8, 4) is 0 Å². The molecule has 1 aromatic heterocycles. The van der Waals surface area contributed by atoms with E-state index in [1.54, 1.807) is 6.07 Å². The zero-order valence-electron chi connectivity index (χ0n) is 18.2. The molecule has 168 valence electrons. The molecule has 3 aromatic rings. The van der Waals surface area contributed by atoms with E-state index in [1.165, 1.54) is 11.6 Å². The maximum atomic E-state index is 14.9. The third-order valence-corrected chi connectivity index (χ3v) is 6.43. The summed E-state index contributed by atoms with van der Waals surface area (Å²) in [6, 6.07) is 17.2. The van der Waals surface area contributed by atoms with Crippen LogP contribution >= 0.6 is 0 Å². The Labute approximate surface area is 187 Å². The van der Waals surface area contributed by atoms with Gasteiger partial charge in [-0.25, -0.2) is 9.07 Å². The van der Waals surface area contributed by atoms with Gasteiger partial charge >= 0.3 is 0 Å². The van der Waals surface area contributed by atoms with Crippen molar-refractivity contribution in [3.63, 3.8) is 0 Å². The first-order valence-electron chi connectivity index (χ1n) is 11.4. The molecular weight excluding hydrogens is 407 g/mol. The van der Waals surface area contributed by atoms with Crippen molar-refractivity contribution in [3.05, 3.63) is 77.4 Å². The zero-order chi connectivity index (χ0) is 21.8. The second-order valence-electron chi connectivity index (χ2n) is 8.58. The molecule has 8 heteroatoms. The number of halogens is 1. The number of piperazine rings is 1. The summed E-state index contributed by atoms with van der Waals surface area (Å²) in [4.78, 5) is 4.75. The van der Waals surface area contributed by atoms with Gasteiger partial charge in [0, 0.05) is 44.9 Å². The van der Waals surface area contributed by atoms with Crippen LogP contribution in [-0.2, 0) is 17.8 Å². The Morgan fingerprint density at radius 1 is 1.00 bits per heavy atom. The average molecular weight is 437 g/mol. The zero-order valence-corrected chi connectivity index (χ0v) is 18.2. The molecule has 0 unspecified atom stereocenters. The molecule has 0 bridgehead atoms. The maximum absolute atomic E-state index is 14.9. The molecule has 2 aromatic carbocycles. The highest BCUT2D eigenvalue weighted by Crippen LogP contribution is 2.30. The minimum absolute atomic E-state index is 0.112. The summed E-state index contributed by atoms with van der Waals surface area (Å²) in [6.07, 6.45) is 2.17. The van der Waals surface area contributed by atoms with Gasteiger partial charge in [-0.2, -0.15) is 0 Å². The van der Waals surface area contributed by atoms with Gasteiger partial charge < -0.3 is 4.74 Å². The molecule has 0 amide bonds. The van der Waals surface area contributed by atoms with Gasteiger partial charge in [-0.05, 0) is 34.9 Å². The summed E-state index contributed by atoms with van der Waals surface area (Å²) in [5.74, 6) is 0.456. The fourth-order valence-electron chi connectivity index (χ4n) is 4.74. The highest BCUT2D eigenvalue weighted by molar-refractivity contribution is 5.27. The third kappa shape index (κ3) is 4.72. The average Bonchev–Trinajstić information content (AvgIpc) is 3.50. The number of benzene rings is 2. The van der Waals surface area contributed by atoms with Crippen molar-refractivity contribution in [2.45, 2.75) is 38.1 Å². The predicted molar refractivity (Wildman–Crippen MR) is 118 cm³/mol. The van der Waals surface area contributed by atoms with E-state index in [0.717, 1.165) is 52.2 Å². The van der Waals surface area contributed by atoms with Gasteiger partial charge in [-0.3, -0.25) is 9.80 Å². The summed E-state index contributed by atoms with van der Waals surface area (Å²) < 4.78 is 22.6. The SMILES string of the molecule is Fc1ccccc1[C@@H](c1nnnn1C[C@H]1CCCO1)N1CCN(Cc2ccccc2)CC1. The number of aromatic nitrogens is 4. The molecule has 0 saturated carbocycles. The summed E-state index contributed by atoms with van der Waals surface area (Å²) in [5, 5.41) is 12.6. The third-order valence-electron chi connectivity index (χ3n) is 6.43. The topological polar surface area (TPSA) is 59.3 Å². The number of nitrogens with zero attached hydrogens (tertiary/aromatic N) is 6. The van der Waals surface area contributed by atoms with Crippen molar-refractivity contribution in [1.82, 2.24) is 30.0 Å². The maximum Gasteiger partial charge on any atom is 0.173 e. The van der Waals surface area contributed by atoms with E-state index in [9.17, 15) is 4.39 Å². The predicted octanol–water partition coefficient (Wildman–Crippen LogP) is 2.90. The number of hydrogen-bond acceptors (Lipinski definition) is 6. The second-order valence-corrected chi connectivity index (χ2v) is 8.58. The highest BCUT2D eigenvalue weighted by atomic mass is 19.1. The molecule has 2 aliphatic rings. The van der Waals surface area contributed by atoms with Gasteiger partial charge in [0.05, 0.1) is 12.6 Å². The molecule has 2 atom stereocenters. The molecule has 2 fully saturated rings.